The number of unbranched alkanes of at least 4 members (excludes halogenated alkanes) is 9. The van der Waals surface area contributed by atoms with Gasteiger partial charge < -0.3 is 35.7 Å². The van der Waals surface area contributed by atoms with Crippen molar-refractivity contribution in [1.82, 2.24) is 10.2 Å². The predicted octanol–water partition coefficient (Wildman–Crippen LogP) is 1.30. The van der Waals surface area contributed by atoms with Gasteiger partial charge in [0.15, 0.2) is 0 Å². The van der Waals surface area contributed by atoms with Crippen molar-refractivity contribution in [1.29, 1.82) is 0 Å². The lowest BCUT2D eigenvalue weighted by molar-refractivity contribution is -0.137. The van der Waals surface area contributed by atoms with Gasteiger partial charge in [0.2, 0.25) is 11.8 Å². The van der Waals surface area contributed by atoms with E-state index in [2.05, 4.69) is 18.2 Å². The zero-order chi connectivity index (χ0) is 29.6. The molecule has 2 amide bonds. The maximum absolute atomic E-state index is 12.8. The van der Waals surface area contributed by atoms with Gasteiger partial charge in [-0.25, -0.2) is 0 Å². The molecule has 39 heavy (non-hydrogen) atoms. The summed E-state index contributed by atoms with van der Waals surface area (Å²) in [5, 5.41) is 50.1. The van der Waals surface area contributed by atoms with E-state index in [1.807, 2.05) is 0 Å². The lowest BCUT2D eigenvalue weighted by atomic mass is 9.93. The van der Waals surface area contributed by atoms with Gasteiger partial charge in [-0.15, -0.1) is 6.42 Å². The second-order valence-corrected chi connectivity index (χ2v) is 10.4. The number of hydrogen-bond donors (Lipinski definition) is 6. The summed E-state index contributed by atoms with van der Waals surface area (Å²) < 4.78 is 0. The summed E-state index contributed by atoms with van der Waals surface area (Å²) in [4.78, 5) is 39.1. The van der Waals surface area contributed by atoms with Crippen LogP contribution in [0.3, 0.4) is 0 Å². The standard InChI is InChI=1S/C29H52N2O8/c1-4-6-7-8-9-10-11-12-13-14-15-23(33)19-22(29(39)31(3)18-5-2)16-17-26(36)30-20-24(34)27(37)28(38)25(35)21-32/h2,22,24-25,27-28,32,34-35,37-38H,4,6-21H2,1,3H3,(H,30,36)/t22-,24?,25?,27?,28?/m0/s1. The smallest absolute Gasteiger partial charge is 0.226 e. The van der Waals surface area contributed by atoms with Crippen LogP contribution in [0.15, 0.2) is 0 Å². The van der Waals surface area contributed by atoms with Crippen LogP contribution in [0.25, 0.3) is 0 Å². The molecule has 0 saturated carbocycles. The number of amides is 2. The van der Waals surface area contributed by atoms with Crippen molar-refractivity contribution in [2.75, 3.05) is 26.7 Å². The fourth-order valence-corrected chi connectivity index (χ4v) is 4.32. The highest BCUT2D eigenvalue weighted by atomic mass is 16.4. The molecule has 0 fully saturated rings. The Labute approximate surface area is 234 Å². The van der Waals surface area contributed by atoms with Gasteiger partial charge in [-0.2, -0.15) is 0 Å². The molecule has 0 rings (SSSR count). The van der Waals surface area contributed by atoms with E-state index < -0.39 is 49.4 Å². The number of carbonyl (C=O) groups excluding carboxylic acids is 3. The van der Waals surface area contributed by atoms with Crippen LogP contribution in [0.4, 0.5) is 0 Å². The molecule has 0 bridgehead atoms. The molecule has 0 aromatic heterocycles. The summed E-state index contributed by atoms with van der Waals surface area (Å²) in [6.45, 7) is 1.07. The van der Waals surface area contributed by atoms with E-state index in [1.54, 1.807) is 7.05 Å². The van der Waals surface area contributed by atoms with Crippen LogP contribution in [-0.2, 0) is 14.4 Å². The summed E-state index contributed by atoms with van der Waals surface area (Å²) >= 11 is 0. The fraction of sp³-hybridized carbons (Fsp3) is 0.828. The molecule has 0 aromatic carbocycles. The van der Waals surface area contributed by atoms with Gasteiger partial charge in [0, 0.05) is 38.8 Å². The van der Waals surface area contributed by atoms with E-state index in [0.29, 0.717) is 6.42 Å². The molecule has 0 aliphatic carbocycles. The number of nitrogens with one attached hydrogen (secondary N) is 1. The van der Waals surface area contributed by atoms with E-state index in [1.165, 1.54) is 49.8 Å². The van der Waals surface area contributed by atoms with Crippen LogP contribution in [0.5, 0.6) is 0 Å². The zero-order valence-electron chi connectivity index (χ0n) is 23.9. The average molecular weight is 557 g/mol. The topological polar surface area (TPSA) is 168 Å². The van der Waals surface area contributed by atoms with Crippen molar-refractivity contribution < 1.29 is 39.9 Å². The Hall–Kier alpha value is -2.03. The minimum Gasteiger partial charge on any atom is -0.394 e. The number of ketones is 1. The number of nitrogens with zero attached hydrogens (tertiary/aromatic N) is 1. The van der Waals surface area contributed by atoms with E-state index in [9.17, 15) is 34.8 Å². The summed E-state index contributed by atoms with van der Waals surface area (Å²) in [5.41, 5.74) is 0. The molecule has 6 N–H and O–H groups in total. The first-order chi connectivity index (χ1) is 18.6. The SMILES string of the molecule is C#CCN(C)C(=O)[C@@H](CCC(=O)NCC(O)C(O)C(O)C(O)CO)CC(=O)CCCCCCCCCCCC. The molecule has 0 heterocycles. The highest BCUT2D eigenvalue weighted by molar-refractivity contribution is 5.87. The largest absolute Gasteiger partial charge is 0.394 e. The van der Waals surface area contributed by atoms with Gasteiger partial charge in [0.25, 0.3) is 0 Å². The van der Waals surface area contributed by atoms with Gasteiger partial charge >= 0.3 is 0 Å². The van der Waals surface area contributed by atoms with Crippen molar-refractivity contribution in [2.24, 2.45) is 5.92 Å². The Morgan fingerprint density at radius 1 is 0.846 bits per heavy atom. The molecule has 0 saturated heterocycles. The van der Waals surface area contributed by atoms with E-state index in [4.69, 9.17) is 11.5 Å². The van der Waals surface area contributed by atoms with Crippen LogP contribution in [-0.4, -0.2) is 99.2 Å². The van der Waals surface area contributed by atoms with Crippen molar-refractivity contribution in [3.8, 4) is 12.3 Å². The average Bonchev–Trinajstić information content (AvgIpc) is 2.93. The number of rotatable bonds is 24. The number of hydrogen-bond acceptors (Lipinski definition) is 8. The Balaban J connectivity index is 4.59. The Bertz CT molecular complexity index is 727. The lowest BCUT2D eigenvalue weighted by Crippen LogP contribution is -2.49. The molecule has 5 atom stereocenters. The number of terminal acetylenes is 1. The van der Waals surface area contributed by atoms with Gasteiger partial charge in [0.1, 0.15) is 24.1 Å². The first-order valence-electron chi connectivity index (χ1n) is 14.4. The molecule has 0 radical (unpaired) electrons. The molecular formula is C29H52N2O8. The van der Waals surface area contributed by atoms with Crippen LogP contribution < -0.4 is 5.32 Å². The van der Waals surface area contributed by atoms with Crippen LogP contribution in [0.1, 0.15) is 96.8 Å². The fourth-order valence-electron chi connectivity index (χ4n) is 4.32. The van der Waals surface area contributed by atoms with Crippen molar-refractivity contribution >= 4 is 17.6 Å². The maximum atomic E-state index is 12.8. The monoisotopic (exact) mass is 556 g/mol. The highest BCUT2D eigenvalue weighted by Crippen LogP contribution is 2.18. The minimum atomic E-state index is -1.79. The van der Waals surface area contributed by atoms with Crippen molar-refractivity contribution in [2.45, 2.75) is 121 Å². The molecule has 4 unspecified atom stereocenters. The van der Waals surface area contributed by atoms with E-state index >= 15 is 0 Å². The molecule has 10 nitrogen and oxygen atoms in total. The van der Waals surface area contributed by atoms with Gasteiger partial charge in [-0.1, -0.05) is 70.6 Å². The number of carbonyl (C=O) groups is 3. The van der Waals surface area contributed by atoms with Crippen molar-refractivity contribution in [3.63, 3.8) is 0 Å². The Morgan fingerprint density at radius 3 is 1.92 bits per heavy atom. The first-order valence-corrected chi connectivity index (χ1v) is 14.4. The van der Waals surface area contributed by atoms with E-state index in [0.717, 1.165) is 19.3 Å². The molecule has 0 spiro atoms. The normalized spacial score (nSPS) is 15.0. The highest BCUT2D eigenvalue weighted by Gasteiger charge is 2.30. The summed E-state index contributed by atoms with van der Waals surface area (Å²) in [7, 11) is 1.55. The van der Waals surface area contributed by atoms with Crippen LogP contribution in [0, 0.1) is 18.3 Å². The molecule has 0 aliphatic heterocycles. The predicted molar refractivity (Wildman–Crippen MR) is 149 cm³/mol. The maximum Gasteiger partial charge on any atom is 0.226 e. The number of aliphatic hydroxyl groups excluding tert-OH is 5. The number of aliphatic hydroxyl groups is 5. The van der Waals surface area contributed by atoms with Gasteiger partial charge in [0.05, 0.1) is 19.3 Å². The first kappa shape index (κ1) is 37.0. The quantitative estimate of drug-likeness (QED) is 0.0764. The van der Waals surface area contributed by atoms with Gasteiger partial charge in [-0.05, 0) is 12.8 Å². The molecule has 226 valence electrons. The third-order valence-corrected chi connectivity index (χ3v) is 6.89. The summed E-state index contributed by atoms with van der Waals surface area (Å²) in [5.74, 6) is 0.830. The van der Waals surface area contributed by atoms with Crippen LogP contribution in [0.2, 0.25) is 0 Å². The second-order valence-electron chi connectivity index (χ2n) is 10.4. The summed E-state index contributed by atoms with van der Waals surface area (Å²) in [6, 6.07) is 0. The minimum absolute atomic E-state index is 0.0189. The zero-order valence-corrected chi connectivity index (χ0v) is 23.9. The van der Waals surface area contributed by atoms with Crippen LogP contribution >= 0.6 is 0 Å². The van der Waals surface area contributed by atoms with E-state index in [-0.39, 0.29) is 37.5 Å². The lowest BCUT2D eigenvalue weighted by Gasteiger charge is -2.26. The molecular weight excluding hydrogens is 504 g/mol. The number of Topliss-reactive ketones (excluding diaryl/α,β-unsaturated/α-hetero) is 1. The Morgan fingerprint density at radius 2 is 1.38 bits per heavy atom. The van der Waals surface area contributed by atoms with Crippen molar-refractivity contribution in [3.05, 3.63) is 0 Å². The summed E-state index contributed by atoms with van der Waals surface area (Å²) in [6.07, 6.45) is 10.5. The third kappa shape index (κ3) is 17.3. The molecule has 0 aromatic rings. The molecule has 10 heteroatoms. The van der Waals surface area contributed by atoms with Gasteiger partial charge in [-0.3, -0.25) is 14.4 Å². The molecule has 0 aliphatic rings. The third-order valence-electron chi connectivity index (χ3n) is 6.89. The second kappa shape index (κ2) is 22.8. The Kier molecular flexibility index (Phi) is 21.6.